The average molecular weight is 403 g/mol. The lowest BCUT2D eigenvalue weighted by Gasteiger charge is -2.25. The van der Waals surface area contributed by atoms with Gasteiger partial charge in [-0.3, -0.25) is 4.79 Å². The number of phenols is 1. The van der Waals surface area contributed by atoms with E-state index < -0.39 is 17.7 Å². The second kappa shape index (κ2) is 6.84. The molecule has 0 fully saturated rings. The van der Waals surface area contributed by atoms with E-state index in [9.17, 15) is 23.1 Å². The minimum absolute atomic E-state index is 0.0590. The Morgan fingerprint density at radius 2 is 2.03 bits per heavy atom. The molecule has 1 atom stereocenters. The molecule has 0 radical (unpaired) electrons. The van der Waals surface area contributed by atoms with Gasteiger partial charge in [-0.15, -0.1) is 0 Å². The molecule has 6 nitrogen and oxygen atoms in total. The highest BCUT2D eigenvalue weighted by atomic mass is 19.4. The molecule has 0 saturated carbocycles. The van der Waals surface area contributed by atoms with Crippen LogP contribution < -0.4 is 10.1 Å². The lowest BCUT2D eigenvalue weighted by Crippen LogP contribution is -2.25. The number of halogens is 3. The van der Waals surface area contributed by atoms with Crippen LogP contribution in [-0.4, -0.2) is 27.7 Å². The SMILES string of the molecule is COc1ccc([C@H]2CC(=O)Nc3ncn(-c4cccc(C(F)(F)F)c4)c32)cc1O. The van der Waals surface area contributed by atoms with Crippen LogP contribution in [0.25, 0.3) is 5.69 Å². The molecule has 29 heavy (non-hydrogen) atoms. The van der Waals surface area contributed by atoms with Gasteiger partial charge in [-0.1, -0.05) is 12.1 Å². The van der Waals surface area contributed by atoms with Crippen molar-refractivity contribution < 1.29 is 27.8 Å². The molecule has 4 rings (SSSR count). The summed E-state index contributed by atoms with van der Waals surface area (Å²) in [6, 6.07) is 9.64. The van der Waals surface area contributed by atoms with Crippen LogP contribution in [0.3, 0.4) is 0 Å². The number of aromatic nitrogens is 2. The van der Waals surface area contributed by atoms with Gasteiger partial charge in [0.05, 0.1) is 18.4 Å². The summed E-state index contributed by atoms with van der Waals surface area (Å²) in [4.78, 5) is 16.3. The van der Waals surface area contributed by atoms with Crippen LogP contribution in [0.15, 0.2) is 48.8 Å². The summed E-state index contributed by atoms with van der Waals surface area (Å²) in [7, 11) is 1.42. The fourth-order valence-corrected chi connectivity index (χ4v) is 3.49. The molecule has 0 spiro atoms. The van der Waals surface area contributed by atoms with Gasteiger partial charge in [0.15, 0.2) is 17.3 Å². The van der Waals surface area contributed by atoms with Crippen molar-refractivity contribution in [3.8, 4) is 17.2 Å². The van der Waals surface area contributed by atoms with Crippen molar-refractivity contribution >= 4 is 11.7 Å². The van der Waals surface area contributed by atoms with E-state index in [4.69, 9.17) is 4.74 Å². The third-order valence-corrected chi connectivity index (χ3v) is 4.84. The van der Waals surface area contributed by atoms with E-state index in [1.807, 2.05) is 0 Å². The number of nitrogens with one attached hydrogen (secondary N) is 1. The third kappa shape index (κ3) is 3.39. The molecule has 2 heterocycles. The zero-order valence-electron chi connectivity index (χ0n) is 15.2. The van der Waals surface area contributed by atoms with Crippen LogP contribution in [0.5, 0.6) is 11.5 Å². The van der Waals surface area contributed by atoms with Crippen molar-refractivity contribution in [2.75, 3.05) is 12.4 Å². The maximum absolute atomic E-state index is 13.1. The molecule has 1 aromatic heterocycles. The Balaban J connectivity index is 1.84. The van der Waals surface area contributed by atoms with E-state index in [0.29, 0.717) is 11.3 Å². The first-order valence-corrected chi connectivity index (χ1v) is 8.69. The minimum atomic E-state index is -4.48. The molecule has 9 heteroatoms. The van der Waals surface area contributed by atoms with Gasteiger partial charge < -0.3 is 19.7 Å². The number of ether oxygens (including phenoxy) is 1. The molecule has 150 valence electrons. The van der Waals surface area contributed by atoms with E-state index in [1.165, 1.54) is 36.2 Å². The van der Waals surface area contributed by atoms with Gasteiger partial charge in [-0.2, -0.15) is 13.2 Å². The number of nitrogens with zero attached hydrogens (tertiary/aromatic N) is 2. The number of fused-ring (bicyclic) bond motifs is 1. The Morgan fingerprint density at radius 1 is 1.24 bits per heavy atom. The molecule has 0 saturated heterocycles. The fraction of sp³-hybridized carbons (Fsp3) is 0.200. The van der Waals surface area contributed by atoms with Gasteiger partial charge in [0, 0.05) is 18.0 Å². The molecule has 0 unspecified atom stereocenters. The summed E-state index contributed by atoms with van der Waals surface area (Å²) < 4.78 is 46.0. The summed E-state index contributed by atoms with van der Waals surface area (Å²) in [5, 5.41) is 12.8. The van der Waals surface area contributed by atoms with Crippen molar-refractivity contribution in [1.82, 2.24) is 9.55 Å². The highest BCUT2D eigenvalue weighted by Gasteiger charge is 2.33. The minimum Gasteiger partial charge on any atom is -0.504 e. The standard InChI is InChI=1S/C20H16F3N3O3/c1-29-16-6-5-11(7-15(16)27)14-9-17(28)25-19-18(14)26(10-24-19)13-4-2-3-12(8-13)20(21,22)23/h2-8,10,14,27H,9H2,1H3,(H,25,28)/t14-/m1/s1. The van der Waals surface area contributed by atoms with Crippen LogP contribution >= 0.6 is 0 Å². The summed E-state index contributed by atoms with van der Waals surface area (Å²) in [5.41, 5.74) is 0.644. The van der Waals surface area contributed by atoms with Crippen LogP contribution in [-0.2, 0) is 11.0 Å². The molecular formula is C20H16F3N3O3. The number of hydrogen-bond donors (Lipinski definition) is 2. The van der Waals surface area contributed by atoms with E-state index in [-0.39, 0.29) is 35.3 Å². The Bertz CT molecular complexity index is 1090. The predicted octanol–water partition coefficient (Wildman–Crippen LogP) is 4.08. The first-order chi connectivity index (χ1) is 13.8. The molecule has 0 aliphatic carbocycles. The predicted molar refractivity (Wildman–Crippen MR) is 98.3 cm³/mol. The van der Waals surface area contributed by atoms with E-state index in [0.717, 1.165) is 12.1 Å². The topological polar surface area (TPSA) is 76.4 Å². The van der Waals surface area contributed by atoms with Crippen molar-refractivity contribution in [2.45, 2.75) is 18.5 Å². The lowest BCUT2D eigenvalue weighted by molar-refractivity contribution is -0.137. The molecule has 1 amide bonds. The number of anilines is 1. The number of alkyl halides is 3. The largest absolute Gasteiger partial charge is 0.504 e. The highest BCUT2D eigenvalue weighted by Crippen LogP contribution is 2.41. The molecule has 3 aromatic rings. The third-order valence-electron chi connectivity index (χ3n) is 4.84. The van der Waals surface area contributed by atoms with Crippen molar-refractivity contribution in [2.24, 2.45) is 0 Å². The van der Waals surface area contributed by atoms with Crippen molar-refractivity contribution in [3.05, 3.63) is 65.6 Å². The van der Waals surface area contributed by atoms with E-state index in [2.05, 4.69) is 10.3 Å². The summed E-state index contributed by atoms with van der Waals surface area (Å²) in [5.74, 6) is -0.318. The second-order valence-corrected chi connectivity index (χ2v) is 6.63. The average Bonchev–Trinajstić information content (AvgIpc) is 3.10. The van der Waals surface area contributed by atoms with Crippen molar-refractivity contribution in [1.29, 1.82) is 0 Å². The van der Waals surface area contributed by atoms with Crippen molar-refractivity contribution in [3.63, 3.8) is 0 Å². The summed E-state index contributed by atoms with van der Waals surface area (Å²) >= 11 is 0. The molecular weight excluding hydrogens is 387 g/mol. The normalized spacial score (nSPS) is 16.3. The molecule has 2 N–H and O–H groups in total. The van der Waals surface area contributed by atoms with Gasteiger partial charge in [-0.05, 0) is 35.9 Å². The Hall–Kier alpha value is -3.49. The van der Waals surface area contributed by atoms with Gasteiger partial charge in [0.2, 0.25) is 5.91 Å². The number of carbonyl (C=O) groups is 1. The quantitative estimate of drug-likeness (QED) is 0.691. The van der Waals surface area contributed by atoms with Crippen LogP contribution in [0.1, 0.15) is 29.2 Å². The number of aromatic hydroxyl groups is 1. The van der Waals surface area contributed by atoms with E-state index in [1.54, 1.807) is 12.1 Å². The number of rotatable bonds is 3. The fourth-order valence-electron chi connectivity index (χ4n) is 3.49. The number of imidazole rings is 1. The number of benzene rings is 2. The Kier molecular flexibility index (Phi) is 4.45. The summed E-state index contributed by atoms with van der Waals surface area (Å²) in [6.07, 6.45) is -3.04. The van der Waals surface area contributed by atoms with Crippen LogP contribution in [0.4, 0.5) is 19.0 Å². The number of phenolic OH excluding ortho intramolecular Hbond substituents is 1. The Morgan fingerprint density at radius 3 is 2.72 bits per heavy atom. The first kappa shape index (κ1) is 18.9. The number of amides is 1. The molecule has 1 aliphatic rings. The summed E-state index contributed by atoms with van der Waals surface area (Å²) in [6.45, 7) is 0. The zero-order chi connectivity index (χ0) is 20.8. The zero-order valence-corrected chi connectivity index (χ0v) is 15.2. The maximum atomic E-state index is 13.1. The van der Waals surface area contributed by atoms with Gasteiger partial charge in [0.1, 0.15) is 6.33 Å². The maximum Gasteiger partial charge on any atom is 0.416 e. The first-order valence-electron chi connectivity index (χ1n) is 8.69. The monoisotopic (exact) mass is 403 g/mol. The molecule has 0 bridgehead atoms. The van der Waals surface area contributed by atoms with Gasteiger partial charge in [0.25, 0.3) is 0 Å². The Labute approximate surface area is 163 Å². The van der Waals surface area contributed by atoms with Crippen LogP contribution in [0.2, 0.25) is 0 Å². The smallest absolute Gasteiger partial charge is 0.416 e. The number of methoxy groups -OCH3 is 1. The van der Waals surface area contributed by atoms with E-state index >= 15 is 0 Å². The highest BCUT2D eigenvalue weighted by molar-refractivity contribution is 5.94. The van der Waals surface area contributed by atoms with Gasteiger partial charge >= 0.3 is 6.18 Å². The molecule has 2 aromatic carbocycles. The second-order valence-electron chi connectivity index (χ2n) is 6.63. The molecule has 1 aliphatic heterocycles. The number of hydrogen-bond acceptors (Lipinski definition) is 4. The number of carbonyl (C=O) groups excluding carboxylic acids is 1. The van der Waals surface area contributed by atoms with Gasteiger partial charge in [-0.25, -0.2) is 4.98 Å². The lowest BCUT2D eigenvalue weighted by atomic mass is 9.89. The van der Waals surface area contributed by atoms with Crippen LogP contribution in [0, 0.1) is 0 Å².